The first-order chi connectivity index (χ1) is 10.3. The van der Waals surface area contributed by atoms with Crippen molar-refractivity contribution in [3.8, 4) is 22.4 Å². The van der Waals surface area contributed by atoms with Gasteiger partial charge in [0, 0.05) is 5.56 Å². The van der Waals surface area contributed by atoms with E-state index in [0.717, 1.165) is 26.5 Å². The average molecular weight is 292 g/mol. The predicted octanol–water partition coefficient (Wildman–Crippen LogP) is 3.93. The van der Waals surface area contributed by atoms with E-state index >= 15 is 0 Å². The van der Waals surface area contributed by atoms with Gasteiger partial charge in [0.15, 0.2) is 0 Å². The fraction of sp³-hybridized carbons (Fsp3) is 0.0588. The van der Waals surface area contributed by atoms with Crippen LogP contribution in [0.2, 0.25) is 0 Å². The molecule has 102 valence electrons. The van der Waals surface area contributed by atoms with Crippen molar-refractivity contribution in [2.45, 2.75) is 6.92 Å². The maximum atomic E-state index is 11.7. The molecule has 3 aromatic rings. The molecule has 0 atom stereocenters. The zero-order valence-electron chi connectivity index (χ0n) is 11.4. The summed E-state index contributed by atoms with van der Waals surface area (Å²) in [4.78, 5) is 16.3. The Labute approximate surface area is 126 Å². The molecule has 2 aromatic carbocycles. The van der Waals surface area contributed by atoms with Crippen LogP contribution in [0.1, 0.15) is 6.92 Å². The second-order valence-electron chi connectivity index (χ2n) is 4.36. The Morgan fingerprint density at radius 1 is 1.14 bits per heavy atom. The van der Waals surface area contributed by atoms with Crippen molar-refractivity contribution in [1.29, 1.82) is 0 Å². The SMILES string of the molecule is CC#CC(=O)Nc1ccccc1-c1nc2ccccc2s1. The highest BCUT2D eigenvalue weighted by Crippen LogP contribution is 2.34. The van der Waals surface area contributed by atoms with Gasteiger partial charge in [0.1, 0.15) is 5.01 Å². The molecule has 0 fully saturated rings. The second-order valence-corrected chi connectivity index (χ2v) is 5.39. The van der Waals surface area contributed by atoms with Crippen molar-refractivity contribution in [1.82, 2.24) is 4.98 Å². The molecule has 4 heteroatoms. The number of hydrogen-bond acceptors (Lipinski definition) is 3. The van der Waals surface area contributed by atoms with Crippen LogP contribution in [0.15, 0.2) is 48.5 Å². The van der Waals surface area contributed by atoms with Crippen LogP contribution in [0.5, 0.6) is 0 Å². The molecular weight excluding hydrogens is 280 g/mol. The van der Waals surface area contributed by atoms with Crippen LogP contribution in [-0.4, -0.2) is 10.9 Å². The van der Waals surface area contributed by atoms with Gasteiger partial charge in [-0.15, -0.1) is 11.3 Å². The molecule has 0 aliphatic carbocycles. The van der Waals surface area contributed by atoms with Gasteiger partial charge in [-0.1, -0.05) is 30.2 Å². The number of nitrogens with one attached hydrogen (secondary N) is 1. The molecule has 0 saturated carbocycles. The number of carbonyl (C=O) groups excluding carboxylic acids is 1. The zero-order valence-corrected chi connectivity index (χ0v) is 12.2. The summed E-state index contributed by atoms with van der Waals surface area (Å²) in [6.07, 6.45) is 0. The van der Waals surface area contributed by atoms with Crippen LogP contribution in [0.25, 0.3) is 20.8 Å². The van der Waals surface area contributed by atoms with Crippen LogP contribution in [0, 0.1) is 11.8 Å². The fourth-order valence-corrected chi connectivity index (χ4v) is 3.04. The second kappa shape index (κ2) is 5.78. The van der Waals surface area contributed by atoms with Gasteiger partial charge in [-0.2, -0.15) is 0 Å². The zero-order chi connectivity index (χ0) is 14.7. The lowest BCUT2D eigenvalue weighted by atomic mass is 10.2. The Morgan fingerprint density at radius 2 is 1.90 bits per heavy atom. The molecule has 0 spiro atoms. The number of carbonyl (C=O) groups is 1. The topological polar surface area (TPSA) is 42.0 Å². The number of para-hydroxylation sites is 2. The average Bonchev–Trinajstić information content (AvgIpc) is 2.91. The maximum Gasteiger partial charge on any atom is 0.300 e. The molecule has 1 N–H and O–H groups in total. The van der Waals surface area contributed by atoms with E-state index < -0.39 is 0 Å². The minimum Gasteiger partial charge on any atom is -0.314 e. The van der Waals surface area contributed by atoms with E-state index in [1.54, 1.807) is 18.3 Å². The van der Waals surface area contributed by atoms with Crippen molar-refractivity contribution in [3.05, 3.63) is 48.5 Å². The minimum atomic E-state index is -0.314. The number of fused-ring (bicyclic) bond motifs is 1. The van der Waals surface area contributed by atoms with Crippen molar-refractivity contribution in [2.75, 3.05) is 5.32 Å². The highest BCUT2D eigenvalue weighted by molar-refractivity contribution is 7.21. The van der Waals surface area contributed by atoms with Crippen molar-refractivity contribution >= 4 is 33.1 Å². The van der Waals surface area contributed by atoms with Gasteiger partial charge < -0.3 is 5.32 Å². The first-order valence-corrected chi connectivity index (χ1v) is 7.28. The third-order valence-electron chi connectivity index (χ3n) is 2.94. The number of rotatable bonds is 2. The summed E-state index contributed by atoms with van der Waals surface area (Å²) in [5.41, 5.74) is 2.60. The van der Waals surface area contributed by atoms with Crippen molar-refractivity contribution < 1.29 is 4.79 Å². The van der Waals surface area contributed by atoms with E-state index in [-0.39, 0.29) is 5.91 Å². The summed E-state index contributed by atoms with van der Waals surface area (Å²) in [5.74, 6) is 4.76. The number of amides is 1. The molecule has 3 nitrogen and oxygen atoms in total. The van der Waals surface area contributed by atoms with Gasteiger partial charge in [-0.3, -0.25) is 4.79 Å². The quantitative estimate of drug-likeness (QED) is 0.727. The third-order valence-corrected chi connectivity index (χ3v) is 4.01. The highest BCUT2D eigenvalue weighted by Gasteiger charge is 2.11. The number of nitrogens with zero attached hydrogens (tertiary/aromatic N) is 1. The summed E-state index contributed by atoms with van der Waals surface area (Å²) in [6, 6.07) is 15.6. The van der Waals surface area contributed by atoms with Gasteiger partial charge in [0.05, 0.1) is 15.9 Å². The molecule has 3 rings (SSSR count). The van der Waals surface area contributed by atoms with Crippen LogP contribution in [-0.2, 0) is 4.79 Å². The van der Waals surface area contributed by atoms with Crippen LogP contribution >= 0.6 is 11.3 Å². The summed E-state index contributed by atoms with van der Waals surface area (Å²) >= 11 is 1.61. The van der Waals surface area contributed by atoms with E-state index in [1.807, 2.05) is 48.5 Å². The van der Waals surface area contributed by atoms with Crippen LogP contribution < -0.4 is 5.32 Å². The van der Waals surface area contributed by atoms with Crippen LogP contribution in [0.3, 0.4) is 0 Å². The largest absolute Gasteiger partial charge is 0.314 e. The van der Waals surface area contributed by atoms with E-state index in [1.165, 1.54) is 0 Å². The maximum absolute atomic E-state index is 11.7. The molecule has 0 radical (unpaired) electrons. The molecule has 1 aromatic heterocycles. The standard InChI is InChI=1S/C17H12N2OS/c1-2-7-16(20)18-13-9-4-3-8-12(13)17-19-14-10-5-6-11-15(14)21-17/h3-6,8-11H,1H3,(H,18,20). The molecule has 1 heterocycles. The van der Waals surface area contributed by atoms with E-state index in [4.69, 9.17) is 0 Å². The minimum absolute atomic E-state index is 0.314. The molecule has 0 saturated heterocycles. The third kappa shape index (κ3) is 2.78. The number of anilines is 1. The highest BCUT2D eigenvalue weighted by atomic mass is 32.1. The first kappa shape index (κ1) is 13.3. The molecule has 21 heavy (non-hydrogen) atoms. The van der Waals surface area contributed by atoms with Gasteiger partial charge in [0.2, 0.25) is 0 Å². The Balaban J connectivity index is 2.05. The number of thiazole rings is 1. The molecule has 0 bridgehead atoms. The number of benzene rings is 2. The van der Waals surface area contributed by atoms with Crippen molar-refractivity contribution in [2.24, 2.45) is 0 Å². The summed E-state index contributed by atoms with van der Waals surface area (Å²) in [7, 11) is 0. The molecule has 1 amide bonds. The molecule has 0 aliphatic heterocycles. The van der Waals surface area contributed by atoms with E-state index in [9.17, 15) is 4.79 Å². The predicted molar refractivity (Wildman–Crippen MR) is 87.1 cm³/mol. The smallest absolute Gasteiger partial charge is 0.300 e. The summed E-state index contributed by atoms with van der Waals surface area (Å²) < 4.78 is 1.13. The van der Waals surface area contributed by atoms with Gasteiger partial charge in [0.25, 0.3) is 5.91 Å². The van der Waals surface area contributed by atoms with Gasteiger partial charge in [-0.25, -0.2) is 4.98 Å². The lowest BCUT2D eigenvalue weighted by Gasteiger charge is -2.06. The van der Waals surface area contributed by atoms with E-state index in [0.29, 0.717) is 0 Å². The Hall–Kier alpha value is -2.64. The monoisotopic (exact) mass is 292 g/mol. The first-order valence-electron chi connectivity index (χ1n) is 6.46. The Bertz CT molecular complexity index is 838. The lowest BCUT2D eigenvalue weighted by molar-refractivity contribution is -0.111. The molecular formula is C17H12N2OS. The number of hydrogen-bond donors (Lipinski definition) is 1. The Morgan fingerprint density at radius 3 is 2.71 bits per heavy atom. The van der Waals surface area contributed by atoms with E-state index in [2.05, 4.69) is 22.1 Å². The fourth-order valence-electron chi connectivity index (χ4n) is 2.03. The van der Waals surface area contributed by atoms with Crippen molar-refractivity contribution in [3.63, 3.8) is 0 Å². The van der Waals surface area contributed by atoms with Gasteiger partial charge in [-0.05, 0) is 37.1 Å². The number of aromatic nitrogens is 1. The normalized spacial score (nSPS) is 9.95. The molecule has 0 aliphatic rings. The Kier molecular flexibility index (Phi) is 3.67. The molecule has 0 unspecified atom stereocenters. The summed E-state index contributed by atoms with van der Waals surface area (Å²) in [6.45, 7) is 1.64. The van der Waals surface area contributed by atoms with Gasteiger partial charge >= 0.3 is 0 Å². The lowest BCUT2D eigenvalue weighted by Crippen LogP contribution is -2.09. The van der Waals surface area contributed by atoms with Crippen LogP contribution in [0.4, 0.5) is 5.69 Å². The summed E-state index contributed by atoms with van der Waals surface area (Å²) in [5, 5.41) is 3.69.